The number of anilines is 1. The highest BCUT2D eigenvalue weighted by Crippen LogP contribution is 2.34. The molecule has 7 heteroatoms. The van der Waals surface area contributed by atoms with E-state index in [4.69, 9.17) is 21.1 Å². The molecule has 3 rings (SSSR count). The zero-order valence-corrected chi connectivity index (χ0v) is 15.6. The molecule has 2 aromatic carbocycles. The van der Waals surface area contributed by atoms with Gasteiger partial charge in [-0.25, -0.2) is 4.98 Å². The first-order chi connectivity index (χ1) is 12.0. The molecule has 3 aromatic rings. The summed E-state index contributed by atoms with van der Waals surface area (Å²) in [6.07, 6.45) is 0.0891. The van der Waals surface area contributed by atoms with Gasteiger partial charge < -0.3 is 9.47 Å². The minimum Gasteiger partial charge on any atom is -0.495 e. The van der Waals surface area contributed by atoms with Gasteiger partial charge in [0.1, 0.15) is 11.5 Å². The fraction of sp³-hybridized carbons (Fsp3) is 0.222. The van der Waals surface area contributed by atoms with Crippen LogP contribution in [0, 0.1) is 0 Å². The second kappa shape index (κ2) is 7.29. The van der Waals surface area contributed by atoms with E-state index in [-0.39, 0.29) is 12.0 Å². The molecule has 0 fully saturated rings. The van der Waals surface area contributed by atoms with Gasteiger partial charge in [-0.1, -0.05) is 22.9 Å². The number of hydrogen-bond acceptors (Lipinski definition) is 5. The molecule has 1 aromatic heterocycles. The van der Waals surface area contributed by atoms with Crippen molar-refractivity contribution in [3.05, 3.63) is 47.0 Å². The van der Waals surface area contributed by atoms with Crippen molar-refractivity contribution in [2.75, 3.05) is 12.4 Å². The number of thiazole rings is 1. The molecule has 0 saturated carbocycles. The molecule has 0 aliphatic rings. The molecule has 5 nitrogen and oxygen atoms in total. The van der Waals surface area contributed by atoms with Crippen LogP contribution in [0.4, 0.5) is 5.13 Å². The molecule has 0 unspecified atom stereocenters. The molecule has 0 radical (unpaired) electrons. The lowest BCUT2D eigenvalue weighted by atomic mass is 10.2. The number of carbonyl (C=O) groups excluding carboxylic acids is 1. The third kappa shape index (κ3) is 4.03. The van der Waals surface area contributed by atoms with Crippen LogP contribution in [-0.2, 0) is 0 Å². The average molecular weight is 377 g/mol. The molecule has 1 N–H and O–H groups in total. The van der Waals surface area contributed by atoms with Crippen molar-refractivity contribution in [3.63, 3.8) is 0 Å². The van der Waals surface area contributed by atoms with Crippen LogP contribution in [0.3, 0.4) is 0 Å². The largest absolute Gasteiger partial charge is 0.495 e. The minimum atomic E-state index is -0.229. The minimum absolute atomic E-state index is 0.0891. The van der Waals surface area contributed by atoms with Crippen LogP contribution in [0.1, 0.15) is 24.2 Å². The SMILES string of the molecule is COc1cc2sc(NC(=O)c3ccc(OC(C)C)cc3)nc2cc1Cl. The second-order valence-corrected chi connectivity index (χ2v) is 7.06. The van der Waals surface area contributed by atoms with E-state index in [1.807, 2.05) is 19.9 Å². The van der Waals surface area contributed by atoms with Gasteiger partial charge in [0, 0.05) is 11.6 Å². The highest BCUT2D eigenvalue weighted by atomic mass is 35.5. The summed E-state index contributed by atoms with van der Waals surface area (Å²) in [6, 6.07) is 10.5. The number of carbonyl (C=O) groups is 1. The average Bonchev–Trinajstić information content (AvgIpc) is 2.95. The number of rotatable bonds is 5. The summed E-state index contributed by atoms with van der Waals surface area (Å²) < 4.78 is 11.7. The normalized spacial score (nSPS) is 10.9. The Hall–Kier alpha value is -2.31. The van der Waals surface area contributed by atoms with Crippen molar-refractivity contribution in [1.82, 2.24) is 4.98 Å². The lowest BCUT2D eigenvalue weighted by Crippen LogP contribution is -2.11. The molecular formula is C18H17ClN2O3S. The highest BCUT2D eigenvalue weighted by molar-refractivity contribution is 7.22. The Balaban J connectivity index is 1.77. The first kappa shape index (κ1) is 17.5. The van der Waals surface area contributed by atoms with Crippen molar-refractivity contribution in [2.24, 2.45) is 0 Å². The van der Waals surface area contributed by atoms with E-state index in [0.717, 1.165) is 10.4 Å². The lowest BCUT2D eigenvalue weighted by Gasteiger charge is -2.09. The van der Waals surface area contributed by atoms with Gasteiger partial charge in [-0.2, -0.15) is 0 Å². The van der Waals surface area contributed by atoms with Gasteiger partial charge in [-0.15, -0.1) is 0 Å². The number of amides is 1. The van der Waals surface area contributed by atoms with Crippen molar-refractivity contribution in [2.45, 2.75) is 20.0 Å². The summed E-state index contributed by atoms with van der Waals surface area (Å²) in [5.41, 5.74) is 1.25. The maximum absolute atomic E-state index is 12.4. The molecule has 1 amide bonds. The Kier molecular flexibility index (Phi) is 5.11. The van der Waals surface area contributed by atoms with Crippen molar-refractivity contribution < 1.29 is 14.3 Å². The predicted octanol–water partition coefficient (Wildman–Crippen LogP) is 5.00. The zero-order valence-electron chi connectivity index (χ0n) is 14.0. The van der Waals surface area contributed by atoms with E-state index < -0.39 is 0 Å². The maximum atomic E-state index is 12.4. The Bertz CT molecular complexity index is 907. The Labute approximate surface area is 154 Å². The van der Waals surface area contributed by atoms with Crippen LogP contribution in [0.15, 0.2) is 36.4 Å². The fourth-order valence-corrected chi connectivity index (χ4v) is 3.37. The highest BCUT2D eigenvalue weighted by Gasteiger charge is 2.12. The molecule has 0 aliphatic heterocycles. The predicted molar refractivity (Wildman–Crippen MR) is 101 cm³/mol. The van der Waals surface area contributed by atoms with E-state index in [2.05, 4.69) is 10.3 Å². The molecule has 0 saturated heterocycles. The number of methoxy groups -OCH3 is 1. The standard InChI is InChI=1S/C18H17ClN2O3S/c1-10(2)24-12-6-4-11(5-7-12)17(22)21-18-20-14-8-13(19)15(23-3)9-16(14)25-18/h4-10H,1-3H3,(H,20,21,22). The van der Waals surface area contributed by atoms with E-state index in [9.17, 15) is 4.79 Å². The summed E-state index contributed by atoms with van der Waals surface area (Å²) in [4.78, 5) is 16.8. The van der Waals surface area contributed by atoms with Gasteiger partial charge in [0.25, 0.3) is 5.91 Å². The van der Waals surface area contributed by atoms with Crippen molar-refractivity contribution >= 4 is 44.2 Å². The fourth-order valence-electron chi connectivity index (χ4n) is 2.27. The number of fused-ring (bicyclic) bond motifs is 1. The van der Waals surface area contributed by atoms with Gasteiger partial charge >= 0.3 is 0 Å². The molecule has 1 heterocycles. The number of nitrogens with zero attached hydrogens (tertiary/aromatic N) is 1. The van der Waals surface area contributed by atoms with Gasteiger partial charge in [0.15, 0.2) is 5.13 Å². The van der Waals surface area contributed by atoms with E-state index in [1.54, 1.807) is 37.4 Å². The summed E-state index contributed by atoms with van der Waals surface area (Å²) in [7, 11) is 1.56. The number of halogens is 1. The van der Waals surface area contributed by atoms with Crippen molar-refractivity contribution in [1.29, 1.82) is 0 Å². The monoisotopic (exact) mass is 376 g/mol. The molecule has 0 spiro atoms. The van der Waals surface area contributed by atoms with Gasteiger partial charge in [0.2, 0.25) is 0 Å². The number of nitrogens with one attached hydrogen (secondary N) is 1. The third-order valence-corrected chi connectivity index (χ3v) is 4.60. The summed E-state index contributed by atoms with van der Waals surface area (Å²) in [5, 5.41) is 3.80. The number of hydrogen-bond donors (Lipinski definition) is 1. The van der Waals surface area contributed by atoms with E-state index in [0.29, 0.717) is 27.0 Å². The van der Waals surface area contributed by atoms with Crippen LogP contribution in [0.2, 0.25) is 5.02 Å². The lowest BCUT2D eigenvalue weighted by molar-refractivity contribution is 0.102. The van der Waals surface area contributed by atoms with Crippen LogP contribution in [0.5, 0.6) is 11.5 Å². The Morgan fingerprint density at radius 1 is 1.24 bits per heavy atom. The molecule has 25 heavy (non-hydrogen) atoms. The molecule has 0 bridgehead atoms. The number of benzene rings is 2. The maximum Gasteiger partial charge on any atom is 0.257 e. The quantitative estimate of drug-likeness (QED) is 0.680. The second-order valence-electron chi connectivity index (χ2n) is 5.62. The topological polar surface area (TPSA) is 60.5 Å². The van der Waals surface area contributed by atoms with Crippen LogP contribution in [-0.4, -0.2) is 24.1 Å². The smallest absolute Gasteiger partial charge is 0.257 e. The molecule has 0 atom stereocenters. The van der Waals surface area contributed by atoms with Crippen LogP contribution in [0.25, 0.3) is 10.2 Å². The van der Waals surface area contributed by atoms with Gasteiger partial charge in [-0.05, 0) is 44.2 Å². The first-order valence-corrected chi connectivity index (χ1v) is 8.88. The molecule has 0 aliphatic carbocycles. The zero-order chi connectivity index (χ0) is 18.0. The molecular weight excluding hydrogens is 360 g/mol. The van der Waals surface area contributed by atoms with Crippen LogP contribution >= 0.6 is 22.9 Å². The summed E-state index contributed by atoms with van der Waals surface area (Å²) in [5.74, 6) is 1.08. The van der Waals surface area contributed by atoms with Crippen molar-refractivity contribution in [3.8, 4) is 11.5 Å². The number of aromatic nitrogens is 1. The number of ether oxygens (including phenoxy) is 2. The summed E-state index contributed by atoms with van der Waals surface area (Å²) in [6.45, 7) is 3.91. The van der Waals surface area contributed by atoms with Crippen LogP contribution < -0.4 is 14.8 Å². The Morgan fingerprint density at radius 2 is 1.96 bits per heavy atom. The molecule has 130 valence electrons. The van der Waals surface area contributed by atoms with Gasteiger partial charge in [0.05, 0.1) is 28.5 Å². The first-order valence-electron chi connectivity index (χ1n) is 7.68. The Morgan fingerprint density at radius 3 is 2.60 bits per heavy atom. The van der Waals surface area contributed by atoms with E-state index >= 15 is 0 Å². The van der Waals surface area contributed by atoms with E-state index in [1.165, 1.54) is 11.3 Å². The third-order valence-electron chi connectivity index (χ3n) is 3.37. The summed E-state index contributed by atoms with van der Waals surface area (Å²) >= 11 is 7.47. The van der Waals surface area contributed by atoms with Gasteiger partial charge in [-0.3, -0.25) is 10.1 Å².